The van der Waals surface area contributed by atoms with Gasteiger partial charge >= 0.3 is 12.0 Å². The second-order valence-corrected chi connectivity index (χ2v) is 6.92. The number of rotatable bonds is 4. The van der Waals surface area contributed by atoms with Crippen molar-refractivity contribution in [2.24, 2.45) is 5.92 Å². The van der Waals surface area contributed by atoms with Crippen LogP contribution in [0, 0.1) is 5.92 Å². The molecule has 0 saturated heterocycles. The van der Waals surface area contributed by atoms with Gasteiger partial charge in [0.05, 0.1) is 6.04 Å². The summed E-state index contributed by atoms with van der Waals surface area (Å²) in [5, 5.41) is 11.1. The first-order valence-corrected chi connectivity index (χ1v) is 8.28. The van der Waals surface area contributed by atoms with E-state index in [-0.39, 0.29) is 18.6 Å². The Morgan fingerprint density at radius 3 is 2.90 bits per heavy atom. The number of amides is 2. The van der Waals surface area contributed by atoms with Crippen LogP contribution in [-0.4, -0.2) is 46.5 Å². The lowest BCUT2D eigenvalue weighted by Crippen LogP contribution is -2.49. The number of aliphatic carboxylic acids is 1. The molecule has 3 rings (SSSR count). The molecule has 114 valence electrons. The van der Waals surface area contributed by atoms with E-state index in [1.165, 1.54) is 15.3 Å². The summed E-state index contributed by atoms with van der Waals surface area (Å²) in [4.78, 5) is 28.4. The molecule has 1 aliphatic heterocycles. The average Bonchev–Trinajstić information content (AvgIpc) is 3.11. The number of thiophene rings is 1. The van der Waals surface area contributed by atoms with Gasteiger partial charge in [-0.3, -0.25) is 4.79 Å². The van der Waals surface area contributed by atoms with E-state index >= 15 is 0 Å². The van der Waals surface area contributed by atoms with Crippen LogP contribution in [0.3, 0.4) is 0 Å². The lowest BCUT2D eigenvalue weighted by molar-refractivity contribution is -0.137. The summed E-state index contributed by atoms with van der Waals surface area (Å²) < 4.78 is 0. The van der Waals surface area contributed by atoms with Crippen LogP contribution in [0.5, 0.6) is 0 Å². The quantitative estimate of drug-likeness (QED) is 0.930. The number of carbonyl (C=O) groups is 2. The number of nitrogens with zero attached hydrogens (tertiary/aromatic N) is 2. The highest BCUT2D eigenvalue weighted by Gasteiger charge is 2.34. The molecule has 1 saturated carbocycles. The molecule has 1 fully saturated rings. The first kappa shape index (κ1) is 14.4. The molecule has 1 aliphatic carbocycles. The Hall–Kier alpha value is -1.56. The summed E-state index contributed by atoms with van der Waals surface area (Å²) in [5.74, 6) is -0.449. The Balaban J connectivity index is 1.74. The Bertz CT molecular complexity index is 553. The third-order valence-corrected chi connectivity index (χ3v) is 5.29. The van der Waals surface area contributed by atoms with Gasteiger partial charge in [-0.1, -0.05) is 0 Å². The van der Waals surface area contributed by atoms with Gasteiger partial charge in [0.1, 0.15) is 6.54 Å². The third kappa shape index (κ3) is 3.05. The number of hydrogen-bond acceptors (Lipinski definition) is 3. The fraction of sp³-hybridized carbons (Fsp3) is 0.600. The molecule has 0 spiro atoms. The van der Waals surface area contributed by atoms with Crippen molar-refractivity contribution in [1.29, 1.82) is 0 Å². The zero-order chi connectivity index (χ0) is 15.0. The van der Waals surface area contributed by atoms with Crippen molar-refractivity contribution < 1.29 is 14.7 Å². The zero-order valence-corrected chi connectivity index (χ0v) is 12.9. The fourth-order valence-electron chi connectivity index (χ4n) is 2.94. The van der Waals surface area contributed by atoms with Gasteiger partial charge < -0.3 is 14.9 Å². The van der Waals surface area contributed by atoms with Crippen molar-refractivity contribution in [2.75, 3.05) is 19.6 Å². The van der Waals surface area contributed by atoms with Gasteiger partial charge in [-0.25, -0.2) is 4.79 Å². The molecule has 0 bridgehead atoms. The van der Waals surface area contributed by atoms with E-state index in [1.54, 1.807) is 11.3 Å². The molecule has 1 atom stereocenters. The molecule has 21 heavy (non-hydrogen) atoms. The molecule has 0 radical (unpaired) electrons. The minimum absolute atomic E-state index is 0.0306. The van der Waals surface area contributed by atoms with E-state index < -0.39 is 5.97 Å². The third-order valence-electron chi connectivity index (χ3n) is 4.30. The molecule has 2 aliphatic rings. The van der Waals surface area contributed by atoms with Gasteiger partial charge in [0, 0.05) is 18.0 Å². The van der Waals surface area contributed by atoms with Gasteiger partial charge in [-0.2, -0.15) is 0 Å². The van der Waals surface area contributed by atoms with Crippen molar-refractivity contribution in [3.8, 4) is 0 Å². The maximum absolute atomic E-state index is 12.7. The van der Waals surface area contributed by atoms with Crippen molar-refractivity contribution in [3.05, 3.63) is 21.9 Å². The van der Waals surface area contributed by atoms with E-state index in [9.17, 15) is 9.59 Å². The Labute approximate surface area is 128 Å². The number of hydrogen-bond donors (Lipinski definition) is 1. The molecule has 1 aromatic heterocycles. The lowest BCUT2D eigenvalue weighted by atomic mass is 10.0. The largest absolute Gasteiger partial charge is 0.480 e. The minimum atomic E-state index is -0.940. The molecule has 5 nitrogen and oxygen atoms in total. The van der Waals surface area contributed by atoms with Crippen molar-refractivity contribution >= 4 is 23.3 Å². The van der Waals surface area contributed by atoms with Gasteiger partial charge in [0.25, 0.3) is 0 Å². The highest BCUT2D eigenvalue weighted by atomic mass is 32.1. The summed E-state index contributed by atoms with van der Waals surface area (Å²) in [5.41, 5.74) is 1.21. The van der Waals surface area contributed by atoms with Crippen LogP contribution in [0.15, 0.2) is 11.4 Å². The Morgan fingerprint density at radius 1 is 1.48 bits per heavy atom. The van der Waals surface area contributed by atoms with Crippen LogP contribution < -0.4 is 0 Å². The molecular formula is C15H20N2O3S. The Kier molecular flexibility index (Phi) is 3.89. The number of fused-ring (bicyclic) bond motifs is 1. The predicted molar refractivity (Wildman–Crippen MR) is 80.5 cm³/mol. The summed E-state index contributed by atoms with van der Waals surface area (Å²) in [6, 6.07) is 1.98. The van der Waals surface area contributed by atoms with E-state index in [1.807, 2.05) is 11.8 Å². The fourth-order valence-corrected chi connectivity index (χ4v) is 3.90. The van der Waals surface area contributed by atoms with Crippen molar-refractivity contribution in [1.82, 2.24) is 9.80 Å². The minimum Gasteiger partial charge on any atom is -0.480 e. The standard InChI is InChI=1S/C15H20N2O3S/c1-10-12-5-7-21-13(12)4-6-17(10)15(20)16(9-14(18)19)8-11-2-3-11/h5,7,10-11H,2-4,6,8-9H2,1H3,(H,18,19). The van der Waals surface area contributed by atoms with Crippen LogP contribution >= 0.6 is 11.3 Å². The van der Waals surface area contributed by atoms with Gasteiger partial charge in [0.2, 0.25) is 0 Å². The molecule has 6 heteroatoms. The molecule has 0 aromatic carbocycles. The smallest absolute Gasteiger partial charge is 0.323 e. The first-order valence-electron chi connectivity index (χ1n) is 7.40. The van der Waals surface area contributed by atoms with Crippen LogP contribution in [0.25, 0.3) is 0 Å². The second kappa shape index (κ2) is 5.67. The zero-order valence-electron chi connectivity index (χ0n) is 12.1. The molecule has 1 N–H and O–H groups in total. The van der Waals surface area contributed by atoms with Crippen LogP contribution in [0.4, 0.5) is 4.79 Å². The SMILES string of the molecule is CC1c2ccsc2CCN1C(=O)N(CC(=O)O)CC1CC1. The van der Waals surface area contributed by atoms with Gasteiger partial charge in [0.15, 0.2) is 0 Å². The van der Waals surface area contributed by atoms with Gasteiger partial charge in [-0.15, -0.1) is 11.3 Å². The highest BCUT2D eigenvalue weighted by Crippen LogP contribution is 2.34. The number of carboxylic acid groups (broad SMARTS) is 1. The molecular weight excluding hydrogens is 288 g/mol. The number of carbonyl (C=O) groups excluding carboxylic acids is 1. The molecule has 1 unspecified atom stereocenters. The van der Waals surface area contributed by atoms with Crippen molar-refractivity contribution in [3.63, 3.8) is 0 Å². The monoisotopic (exact) mass is 308 g/mol. The topological polar surface area (TPSA) is 60.9 Å². The van der Waals surface area contributed by atoms with Crippen LogP contribution in [0.1, 0.15) is 36.2 Å². The normalized spacial score (nSPS) is 21.0. The summed E-state index contributed by atoms with van der Waals surface area (Å²) >= 11 is 1.74. The van der Waals surface area contributed by atoms with E-state index in [2.05, 4.69) is 11.4 Å². The number of carboxylic acids is 1. The van der Waals surface area contributed by atoms with E-state index in [4.69, 9.17) is 5.11 Å². The number of urea groups is 1. The lowest BCUT2D eigenvalue weighted by Gasteiger charge is -2.37. The van der Waals surface area contributed by atoms with E-state index in [0.717, 1.165) is 19.3 Å². The maximum Gasteiger partial charge on any atom is 0.323 e. The van der Waals surface area contributed by atoms with Crippen LogP contribution in [-0.2, 0) is 11.2 Å². The molecule has 1 aromatic rings. The average molecular weight is 308 g/mol. The summed E-state index contributed by atoms with van der Waals surface area (Å²) in [6.45, 7) is 3.08. The molecule has 2 amide bonds. The highest BCUT2D eigenvalue weighted by molar-refractivity contribution is 7.10. The second-order valence-electron chi connectivity index (χ2n) is 5.92. The maximum atomic E-state index is 12.7. The first-order chi connectivity index (χ1) is 10.1. The van der Waals surface area contributed by atoms with Crippen LogP contribution in [0.2, 0.25) is 0 Å². The summed E-state index contributed by atoms with van der Waals surface area (Å²) in [7, 11) is 0. The van der Waals surface area contributed by atoms with Gasteiger partial charge in [-0.05, 0) is 49.1 Å². The van der Waals surface area contributed by atoms with E-state index in [0.29, 0.717) is 19.0 Å². The van der Waals surface area contributed by atoms with Crippen molar-refractivity contribution in [2.45, 2.75) is 32.2 Å². The Morgan fingerprint density at radius 2 is 2.24 bits per heavy atom. The molecule has 2 heterocycles. The summed E-state index contributed by atoms with van der Waals surface area (Å²) in [6.07, 6.45) is 3.08. The predicted octanol–water partition coefficient (Wildman–Crippen LogP) is 2.58.